The Labute approximate surface area is 152 Å². The number of hydrogen-bond donors (Lipinski definition) is 2. The number of hydrogen-bond acceptors (Lipinski definition) is 3. The van der Waals surface area contributed by atoms with Gasteiger partial charge in [-0.3, -0.25) is 9.59 Å². The Morgan fingerprint density at radius 1 is 1.31 bits per heavy atom. The standard InChI is InChI=1S/C18H17F3N2O2S/c1-9-5-6-13-12(7-9)14(15(22)24)17(26-13)23-16(25)10-3-2-4-11(8-10)18(19,20)21/h2-4,8-9H,5-7H2,1H3,(H2,22,24)(H,23,25)/t9-/m1/s1. The number of thiophene rings is 1. The molecule has 1 aliphatic carbocycles. The third kappa shape index (κ3) is 3.60. The molecule has 3 rings (SSSR count). The van der Waals surface area contributed by atoms with E-state index >= 15 is 0 Å². The summed E-state index contributed by atoms with van der Waals surface area (Å²) in [7, 11) is 0. The number of rotatable bonds is 3. The van der Waals surface area contributed by atoms with Crippen LogP contribution in [0.3, 0.4) is 0 Å². The quantitative estimate of drug-likeness (QED) is 0.833. The van der Waals surface area contributed by atoms with E-state index in [-0.39, 0.29) is 11.1 Å². The Bertz CT molecular complexity index is 874. The summed E-state index contributed by atoms with van der Waals surface area (Å²) < 4.78 is 38.5. The topological polar surface area (TPSA) is 72.2 Å². The summed E-state index contributed by atoms with van der Waals surface area (Å²) >= 11 is 1.27. The van der Waals surface area contributed by atoms with Crippen LogP contribution in [0.4, 0.5) is 18.2 Å². The smallest absolute Gasteiger partial charge is 0.365 e. The highest BCUT2D eigenvalue weighted by Crippen LogP contribution is 2.39. The Hall–Kier alpha value is -2.35. The van der Waals surface area contributed by atoms with E-state index < -0.39 is 23.6 Å². The zero-order chi connectivity index (χ0) is 19.1. The van der Waals surface area contributed by atoms with Crippen molar-refractivity contribution in [1.29, 1.82) is 0 Å². The molecule has 0 bridgehead atoms. The number of fused-ring (bicyclic) bond motifs is 1. The summed E-state index contributed by atoms with van der Waals surface area (Å²) in [5, 5.41) is 2.87. The number of nitrogens with one attached hydrogen (secondary N) is 1. The van der Waals surface area contributed by atoms with Crippen molar-refractivity contribution in [1.82, 2.24) is 0 Å². The molecule has 0 saturated carbocycles. The van der Waals surface area contributed by atoms with Crippen molar-refractivity contribution >= 4 is 28.2 Å². The first-order valence-electron chi connectivity index (χ1n) is 8.09. The van der Waals surface area contributed by atoms with Crippen LogP contribution in [0.25, 0.3) is 0 Å². The highest BCUT2D eigenvalue weighted by molar-refractivity contribution is 7.17. The molecule has 0 fully saturated rings. The fourth-order valence-corrected chi connectivity index (χ4v) is 4.36. The third-order valence-corrected chi connectivity index (χ3v) is 5.64. The lowest BCUT2D eigenvalue weighted by molar-refractivity contribution is -0.137. The summed E-state index contributed by atoms with van der Waals surface area (Å²) in [6, 6.07) is 4.16. The van der Waals surface area contributed by atoms with Crippen molar-refractivity contribution in [3.63, 3.8) is 0 Å². The molecule has 1 aliphatic rings. The minimum Gasteiger partial charge on any atom is -0.365 e. The molecule has 1 aromatic carbocycles. The van der Waals surface area contributed by atoms with Crippen molar-refractivity contribution in [3.8, 4) is 0 Å². The van der Waals surface area contributed by atoms with Crippen LogP contribution in [0.2, 0.25) is 0 Å². The fourth-order valence-electron chi connectivity index (χ4n) is 3.12. The lowest BCUT2D eigenvalue weighted by atomic mass is 9.87. The first-order valence-corrected chi connectivity index (χ1v) is 8.91. The second-order valence-electron chi connectivity index (χ2n) is 6.45. The number of alkyl halides is 3. The predicted molar refractivity (Wildman–Crippen MR) is 93.4 cm³/mol. The van der Waals surface area contributed by atoms with Crippen LogP contribution in [0, 0.1) is 5.92 Å². The zero-order valence-corrected chi connectivity index (χ0v) is 14.8. The van der Waals surface area contributed by atoms with Crippen molar-refractivity contribution < 1.29 is 22.8 Å². The second kappa shape index (κ2) is 6.75. The molecule has 0 radical (unpaired) electrons. The number of carbonyl (C=O) groups is 2. The Kier molecular flexibility index (Phi) is 4.79. The van der Waals surface area contributed by atoms with Gasteiger partial charge in [0.15, 0.2) is 0 Å². The molecule has 1 atom stereocenters. The van der Waals surface area contributed by atoms with Crippen molar-refractivity contribution in [2.45, 2.75) is 32.4 Å². The monoisotopic (exact) mass is 382 g/mol. The van der Waals surface area contributed by atoms with Crippen LogP contribution in [0.5, 0.6) is 0 Å². The van der Waals surface area contributed by atoms with Crippen LogP contribution < -0.4 is 11.1 Å². The lowest BCUT2D eigenvalue weighted by Gasteiger charge is -2.18. The molecule has 138 valence electrons. The van der Waals surface area contributed by atoms with Crippen LogP contribution in [-0.2, 0) is 19.0 Å². The van der Waals surface area contributed by atoms with Crippen molar-refractivity contribution in [2.75, 3.05) is 5.32 Å². The molecule has 3 N–H and O–H groups in total. The van der Waals surface area contributed by atoms with Gasteiger partial charge in [-0.25, -0.2) is 0 Å². The van der Waals surface area contributed by atoms with Crippen molar-refractivity contribution in [2.24, 2.45) is 11.7 Å². The van der Waals surface area contributed by atoms with Gasteiger partial charge in [-0.15, -0.1) is 11.3 Å². The summed E-state index contributed by atoms with van der Waals surface area (Å²) in [5.41, 5.74) is 5.58. The first kappa shape index (κ1) is 18.4. The van der Waals surface area contributed by atoms with Crippen LogP contribution in [0.1, 0.15) is 50.1 Å². The summed E-state index contributed by atoms with van der Waals surface area (Å²) in [6.45, 7) is 2.08. The molecular weight excluding hydrogens is 365 g/mol. The molecule has 26 heavy (non-hydrogen) atoms. The van der Waals surface area contributed by atoms with E-state index in [2.05, 4.69) is 12.2 Å². The Balaban J connectivity index is 1.92. The van der Waals surface area contributed by atoms with Gasteiger partial charge in [0.2, 0.25) is 0 Å². The van der Waals surface area contributed by atoms with E-state index in [9.17, 15) is 22.8 Å². The van der Waals surface area contributed by atoms with Gasteiger partial charge in [0.25, 0.3) is 11.8 Å². The molecular formula is C18H17F3N2O2S. The third-order valence-electron chi connectivity index (χ3n) is 4.43. The average molecular weight is 382 g/mol. The molecule has 0 saturated heterocycles. The van der Waals surface area contributed by atoms with Gasteiger partial charge < -0.3 is 11.1 Å². The van der Waals surface area contributed by atoms with E-state index in [1.165, 1.54) is 23.5 Å². The summed E-state index contributed by atoms with van der Waals surface area (Å²) in [5.74, 6) is -0.941. The van der Waals surface area contributed by atoms with E-state index in [0.29, 0.717) is 17.3 Å². The van der Waals surface area contributed by atoms with Gasteiger partial charge in [0, 0.05) is 10.4 Å². The van der Waals surface area contributed by atoms with Crippen LogP contribution in [-0.4, -0.2) is 11.8 Å². The average Bonchev–Trinajstić information content (AvgIpc) is 2.91. The molecule has 2 aromatic rings. The normalized spacial score (nSPS) is 16.8. The van der Waals surface area contributed by atoms with Crippen LogP contribution in [0.15, 0.2) is 24.3 Å². The molecule has 4 nitrogen and oxygen atoms in total. The molecule has 1 aromatic heterocycles. The Morgan fingerprint density at radius 2 is 2.04 bits per heavy atom. The highest BCUT2D eigenvalue weighted by Gasteiger charge is 2.31. The number of nitrogens with two attached hydrogens (primary N) is 1. The lowest BCUT2D eigenvalue weighted by Crippen LogP contribution is -2.20. The van der Waals surface area contributed by atoms with E-state index in [0.717, 1.165) is 35.4 Å². The molecule has 0 aliphatic heterocycles. The maximum Gasteiger partial charge on any atom is 0.416 e. The minimum atomic E-state index is -4.53. The van der Waals surface area contributed by atoms with E-state index in [4.69, 9.17) is 5.73 Å². The summed E-state index contributed by atoms with van der Waals surface area (Å²) in [4.78, 5) is 25.3. The number of benzene rings is 1. The maximum absolute atomic E-state index is 12.8. The van der Waals surface area contributed by atoms with Gasteiger partial charge in [-0.2, -0.15) is 13.2 Å². The number of amides is 2. The zero-order valence-electron chi connectivity index (χ0n) is 13.9. The highest BCUT2D eigenvalue weighted by atomic mass is 32.1. The molecule has 1 heterocycles. The van der Waals surface area contributed by atoms with Gasteiger partial charge in [-0.05, 0) is 48.9 Å². The van der Waals surface area contributed by atoms with Gasteiger partial charge in [0.1, 0.15) is 5.00 Å². The van der Waals surface area contributed by atoms with Gasteiger partial charge >= 0.3 is 6.18 Å². The maximum atomic E-state index is 12.8. The van der Waals surface area contributed by atoms with Crippen LogP contribution >= 0.6 is 11.3 Å². The SMILES string of the molecule is C[C@@H]1CCc2sc(NC(=O)c3cccc(C(F)(F)F)c3)c(C(N)=O)c2C1. The second-order valence-corrected chi connectivity index (χ2v) is 7.56. The largest absolute Gasteiger partial charge is 0.416 e. The number of carbonyl (C=O) groups excluding carboxylic acids is 2. The summed E-state index contributed by atoms with van der Waals surface area (Å²) in [6.07, 6.45) is -2.07. The molecule has 0 unspecified atom stereocenters. The van der Waals surface area contributed by atoms with Crippen molar-refractivity contribution in [3.05, 3.63) is 51.4 Å². The number of anilines is 1. The van der Waals surface area contributed by atoms with Gasteiger partial charge in [0.05, 0.1) is 11.1 Å². The number of primary amides is 1. The predicted octanol–water partition coefficient (Wildman–Crippen LogP) is 4.24. The number of halogens is 3. The molecule has 0 spiro atoms. The molecule has 2 amide bonds. The molecule has 8 heteroatoms. The fraction of sp³-hybridized carbons (Fsp3) is 0.333. The Morgan fingerprint density at radius 3 is 2.69 bits per heavy atom. The number of aryl methyl sites for hydroxylation is 1. The van der Waals surface area contributed by atoms with E-state index in [1.54, 1.807) is 0 Å². The minimum absolute atomic E-state index is 0.130. The van der Waals surface area contributed by atoms with E-state index in [1.807, 2.05) is 0 Å². The van der Waals surface area contributed by atoms with Gasteiger partial charge in [-0.1, -0.05) is 13.0 Å². The first-order chi connectivity index (χ1) is 12.2.